The van der Waals surface area contributed by atoms with Crippen LogP contribution < -0.4 is 5.32 Å². The van der Waals surface area contributed by atoms with Crippen LogP contribution in [0, 0.1) is 0 Å². The van der Waals surface area contributed by atoms with Gasteiger partial charge in [0, 0.05) is 17.4 Å². The van der Waals surface area contributed by atoms with E-state index in [4.69, 9.17) is 9.84 Å². The van der Waals surface area contributed by atoms with Gasteiger partial charge >= 0.3 is 5.97 Å². The number of aliphatic hydroxyl groups is 2. The number of carbonyl (C=O) groups is 1. The van der Waals surface area contributed by atoms with Gasteiger partial charge in [0.25, 0.3) is 0 Å². The van der Waals surface area contributed by atoms with Crippen LogP contribution in [0.4, 0.5) is 5.82 Å². The summed E-state index contributed by atoms with van der Waals surface area (Å²) >= 11 is 2.09. The minimum atomic E-state index is -1.08. The third-order valence-corrected chi connectivity index (χ3v) is 4.85. The first-order chi connectivity index (χ1) is 12.0. The van der Waals surface area contributed by atoms with Crippen LogP contribution >= 0.6 is 22.6 Å². The van der Waals surface area contributed by atoms with Crippen molar-refractivity contribution in [3.05, 3.63) is 12.7 Å². The lowest BCUT2D eigenvalue weighted by molar-refractivity contribution is -0.137. The number of ether oxygens (including phenoxy) is 1. The van der Waals surface area contributed by atoms with Gasteiger partial charge in [0.1, 0.15) is 18.5 Å². The standard InChI is InChI=1S/C14H18IN5O5/c15-4-7-10(23)11(24)14(25-7)20-6-19-9-12(17-5-18-13(9)20)16-3-1-2-8(21)22/h5-7,10-11,14,23-24H,1-4H2,(H,21,22)(H,16,17,18)/t7-,10?,11+,14-/m1/s1. The lowest BCUT2D eigenvalue weighted by Gasteiger charge is -2.16. The lowest BCUT2D eigenvalue weighted by Crippen LogP contribution is -2.32. The van der Waals surface area contributed by atoms with E-state index in [0.29, 0.717) is 34.4 Å². The van der Waals surface area contributed by atoms with Crippen LogP contribution in [0.3, 0.4) is 0 Å². The number of hydrogen-bond acceptors (Lipinski definition) is 8. The Morgan fingerprint density at radius 3 is 2.80 bits per heavy atom. The summed E-state index contributed by atoms with van der Waals surface area (Å²) in [6, 6.07) is 0. The zero-order chi connectivity index (χ0) is 18.0. The molecule has 0 radical (unpaired) electrons. The number of halogens is 1. The molecule has 10 nitrogen and oxygen atoms in total. The summed E-state index contributed by atoms with van der Waals surface area (Å²) in [4.78, 5) is 23.1. The van der Waals surface area contributed by atoms with Gasteiger partial charge in [-0.25, -0.2) is 15.0 Å². The van der Waals surface area contributed by atoms with Gasteiger partial charge in [0.2, 0.25) is 0 Å². The molecule has 1 unspecified atom stereocenters. The van der Waals surface area contributed by atoms with Crippen molar-refractivity contribution < 1.29 is 24.9 Å². The number of rotatable bonds is 7. The summed E-state index contributed by atoms with van der Waals surface area (Å²) in [7, 11) is 0. The molecule has 4 atom stereocenters. The average molecular weight is 463 g/mol. The summed E-state index contributed by atoms with van der Waals surface area (Å²) in [5.41, 5.74) is 0.946. The summed E-state index contributed by atoms with van der Waals surface area (Å²) in [5, 5.41) is 32.0. The van der Waals surface area contributed by atoms with E-state index in [0.717, 1.165) is 0 Å². The van der Waals surface area contributed by atoms with Gasteiger partial charge in [-0.1, -0.05) is 22.6 Å². The smallest absolute Gasteiger partial charge is 0.303 e. The molecule has 0 saturated carbocycles. The summed E-state index contributed by atoms with van der Waals surface area (Å²) < 4.78 is 7.84. The molecule has 11 heteroatoms. The fraction of sp³-hybridized carbons (Fsp3) is 0.571. The van der Waals surface area contributed by atoms with Gasteiger partial charge in [-0.2, -0.15) is 0 Å². The molecule has 1 saturated heterocycles. The Bertz CT molecular complexity index is 756. The summed E-state index contributed by atoms with van der Waals surface area (Å²) in [5.74, 6) is -0.373. The molecule has 0 bridgehead atoms. The van der Waals surface area contributed by atoms with E-state index >= 15 is 0 Å². The van der Waals surface area contributed by atoms with Gasteiger partial charge in [-0.05, 0) is 6.42 Å². The molecule has 1 aliphatic heterocycles. The van der Waals surface area contributed by atoms with Crippen molar-refractivity contribution in [1.82, 2.24) is 19.5 Å². The third-order valence-electron chi connectivity index (χ3n) is 3.98. The first-order valence-electron chi connectivity index (χ1n) is 7.73. The number of nitrogens with zero attached hydrogens (tertiary/aromatic N) is 4. The Morgan fingerprint density at radius 1 is 1.32 bits per heavy atom. The number of aliphatic carboxylic acids is 1. The van der Waals surface area contributed by atoms with E-state index in [9.17, 15) is 15.0 Å². The Morgan fingerprint density at radius 2 is 2.12 bits per heavy atom. The van der Waals surface area contributed by atoms with Crippen molar-refractivity contribution in [3.8, 4) is 0 Å². The highest BCUT2D eigenvalue weighted by Crippen LogP contribution is 2.32. The molecule has 0 amide bonds. The van der Waals surface area contributed by atoms with E-state index < -0.39 is 30.5 Å². The van der Waals surface area contributed by atoms with Gasteiger partial charge in [-0.15, -0.1) is 0 Å². The molecule has 0 aliphatic carbocycles. The topological polar surface area (TPSA) is 143 Å². The number of aromatic nitrogens is 4. The third kappa shape index (κ3) is 3.68. The van der Waals surface area contributed by atoms with Crippen molar-refractivity contribution in [3.63, 3.8) is 0 Å². The van der Waals surface area contributed by atoms with Crippen molar-refractivity contribution in [2.24, 2.45) is 0 Å². The molecule has 0 spiro atoms. The second-order valence-electron chi connectivity index (χ2n) is 5.67. The second kappa shape index (κ2) is 7.76. The van der Waals surface area contributed by atoms with Crippen molar-refractivity contribution in [2.45, 2.75) is 37.4 Å². The molecular weight excluding hydrogens is 445 g/mol. The van der Waals surface area contributed by atoms with Gasteiger partial charge < -0.3 is 25.4 Å². The predicted molar refractivity (Wildman–Crippen MR) is 95.5 cm³/mol. The van der Waals surface area contributed by atoms with Crippen LogP contribution in [0.15, 0.2) is 12.7 Å². The first-order valence-corrected chi connectivity index (χ1v) is 9.26. The number of imidazole rings is 1. The molecule has 1 aliphatic rings. The molecular formula is C14H18IN5O5. The minimum absolute atomic E-state index is 0.0628. The lowest BCUT2D eigenvalue weighted by atomic mass is 10.1. The highest BCUT2D eigenvalue weighted by molar-refractivity contribution is 14.1. The fourth-order valence-electron chi connectivity index (χ4n) is 2.70. The Kier molecular flexibility index (Phi) is 5.66. The molecule has 25 heavy (non-hydrogen) atoms. The van der Waals surface area contributed by atoms with Crippen LogP contribution in [0.1, 0.15) is 19.1 Å². The molecule has 3 rings (SSSR count). The normalized spacial score (nSPS) is 26.2. The Balaban J connectivity index is 1.80. The van der Waals surface area contributed by atoms with Crippen LogP contribution in [-0.4, -0.2) is 70.1 Å². The van der Waals surface area contributed by atoms with Gasteiger partial charge in [-0.3, -0.25) is 9.36 Å². The molecule has 1 fully saturated rings. The van der Waals surface area contributed by atoms with Gasteiger partial charge in [0.15, 0.2) is 23.2 Å². The number of alkyl halides is 1. The van der Waals surface area contributed by atoms with Crippen LogP contribution in [0.2, 0.25) is 0 Å². The average Bonchev–Trinajstić information content (AvgIpc) is 3.14. The second-order valence-corrected chi connectivity index (χ2v) is 6.55. The Labute approximate surface area is 156 Å². The monoisotopic (exact) mass is 463 g/mol. The maximum atomic E-state index is 10.6. The summed E-state index contributed by atoms with van der Waals surface area (Å²) in [6.45, 7) is 0.434. The maximum absolute atomic E-state index is 10.6. The van der Waals surface area contributed by atoms with E-state index in [1.54, 1.807) is 4.57 Å². The highest BCUT2D eigenvalue weighted by atomic mass is 127. The SMILES string of the molecule is O=C(O)CCCNc1ncnc2c1ncn2[C@@H]1O[C@H](CI)C(O)[C@@H]1O. The number of hydrogen-bond donors (Lipinski definition) is 4. The number of carboxylic acids is 1. The fourth-order valence-corrected chi connectivity index (χ4v) is 3.43. The molecule has 136 valence electrons. The molecule has 2 aromatic rings. The van der Waals surface area contributed by atoms with Gasteiger partial charge in [0.05, 0.1) is 12.4 Å². The number of anilines is 1. The molecule has 3 heterocycles. The number of fused-ring (bicyclic) bond motifs is 1. The number of nitrogens with one attached hydrogen (secondary N) is 1. The van der Waals surface area contributed by atoms with Crippen molar-refractivity contribution in [2.75, 3.05) is 16.3 Å². The van der Waals surface area contributed by atoms with Crippen LogP contribution in [0.5, 0.6) is 0 Å². The number of carboxylic acid groups (broad SMARTS) is 1. The minimum Gasteiger partial charge on any atom is -0.481 e. The highest BCUT2D eigenvalue weighted by Gasteiger charge is 2.43. The first kappa shape index (κ1) is 18.2. The zero-order valence-corrected chi connectivity index (χ0v) is 15.3. The quantitative estimate of drug-likeness (QED) is 0.257. The largest absolute Gasteiger partial charge is 0.481 e. The van der Waals surface area contributed by atoms with E-state index in [1.807, 2.05) is 0 Å². The van der Waals surface area contributed by atoms with E-state index in [1.165, 1.54) is 12.7 Å². The Hall–Kier alpha value is -1.57. The van der Waals surface area contributed by atoms with Crippen LogP contribution in [0.25, 0.3) is 11.2 Å². The van der Waals surface area contributed by atoms with Crippen molar-refractivity contribution in [1.29, 1.82) is 0 Å². The summed E-state index contributed by atoms with van der Waals surface area (Å²) in [6.07, 6.45) is 0.0472. The maximum Gasteiger partial charge on any atom is 0.303 e. The van der Waals surface area contributed by atoms with E-state index in [2.05, 4.69) is 42.9 Å². The predicted octanol–water partition coefficient (Wildman–Crippen LogP) is 0.157. The number of aliphatic hydroxyl groups excluding tert-OH is 2. The van der Waals surface area contributed by atoms with Crippen LogP contribution in [-0.2, 0) is 9.53 Å². The van der Waals surface area contributed by atoms with Crippen molar-refractivity contribution >= 4 is 45.5 Å². The van der Waals surface area contributed by atoms with E-state index in [-0.39, 0.29) is 6.42 Å². The molecule has 4 N–H and O–H groups in total. The molecule has 0 aromatic carbocycles. The zero-order valence-electron chi connectivity index (χ0n) is 13.1. The molecule has 2 aromatic heterocycles.